The number of urea groups is 1. The summed E-state index contributed by atoms with van der Waals surface area (Å²) in [7, 11) is 0. The van der Waals surface area contributed by atoms with Crippen LogP contribution in [-0.4, -0.2) is 41.6 Å². The van der Waals surface area contributed by atoms with Crippen molar-refractivity contribution in [2.45, 2.75) is 32.6 Å². The maximum absolute atomic E-state index is 12.0. The minimum Gasteiger partial charge on any atom is -0.481 e. The van der Waals surface area contributed by atoms with Gasteiger partial charge in [-0.25, -0.2) is 4.79 Å². The normalized spacial score (nSPS) is 20.9. The van der Waals surface area contributed by atoms with Crippen LogP contribution in [0.5, 0.6) is 0 Å². The first kappa shape index (κ1) is 16.3. The Hall–Kier alpha value is -2.04. The van der Waals surface area contributed by atoms with E-state index in [-0.39, 0.29) is 24.4 Å². The number of benzene rings is 1. The summed E-state index contributed by atoms with van der Waals surface area (Å²) in [4.78, 5) is 24.3. The highest BCUT2D eigenvalue weighted by Gasteiger charge is 2.35. The van der Waals surface area contributed by atoms with Crippen LogP contribution in [0.3, 0.4) is 0 Å². The number of carboxylic acids is 1. The van der Waals surface area contributed by atoms with Gasteiger partial charge in [-0.15, -0.1) is 0 Å². The van der Waals surface area contributed by atoms with Crippen molar-refractivity contribution < 1.29 is 14.7 Å². The largest absolute Gasteiger partial charge is 0.481 e. The van der Waals surface area contributed by atoms with Crippen molar-refractivity contribution in [1.29, 1.82) is 0 Å². The monoisotopic (exact) mass is 304 g/mol. The minimum atomic E-state index is -0.894. The SMILES string of the molecule is CC1(CCc2ccccc2)CCN(C(=O)NCCC(=O)O)C1. The second-order valence-electron chi connectivity index (χ2n) is 6.34. The van der Waals surface area contributed by atoms with Gasteiger partial charge in [-0.05, 0) is 30.2 Å². The molecule has 1 aromatic rings. The topological polar surface area (TPSA) is 69.6 Å². The maximum atomic E-state index is 12.0. The molecule has 0 aromatic heterocycles. The number of hydrogen-bond donors (Lipinski definition) is 2. The van der Waals surface area contributed by atoms with Crippen LogP contribution in [0.15, 0.2) is 30.3 Å². The fraction of sp³-hybridized carbons (Fsp3) is 0.529. The average Bonchev–Trinajstić information content (AvgIpc) is 2.89. The summed E-state index contributed by atoms with van der Waals surface area (Å²) in [6, 6.07) is 10.2. The fourth-order valence-corrected chi connectivity index (χ4v) is 2.88. The molecule has 2 N–H and O–H groups in total. The van der Waals surface area contributed by atoms with Crippen LogP contribution in [-0.2, 0) is 11.2 Å². The highest BCUT2D eigenvalue weighted by atomic mass is 16.4. The third-order valence-corrected chi connectivity index (χ3v) is 4.32. The quantitative estimate of drug-likeness (QED) is 0.848. The number of aryl methyl sites for hydroxylation is 1. The Balaban J connectivity index is 1.78. The molecule has 1 unspecified atom stereocenters. The number of nitrogens with one attached hydrogen (secondary N) is 1. The van der Waals surface area contributed by atoms with Gasteiger partial charge in [-0.1, -0.05) is 37.3 Å². The van der Waals surface area contributed by atoms with E-state index >= 15 is 0 Å². The molecule has 0 saturated carbocycles. The van der Waals surface area contributed by atoms with E-state index in [2.05, 4.69) is 36.5 Å². The van der Waals surface area contributed by atoms with Crippen LogP contribution >= 0.6 is 0 Å². The zero-order valence-corrected chi connectivity index (χ0v) is 13.0. The molecule has 1 aliphatic rings. The van der Waals surface area contributed by atoms with E-state index in [4.69, 9.17) is 5.11 Å². The number of carbonyl (C=O) groups excluding carboxylic acids is 1. The van der Waals surface area contributed by atoms with E-state index in [0.717, 1.165) is 32.4 Å². The van der Waals surface area contributed by atoms with Gasteiger partial charge in [0.05, 0.1) is 6.42 Å². The third kappa shape index (κ3) is 4.76. The van der Waals surface area contributed by atoms with Crippen molar-refractivity contribution >= 4 is 12.0 Å². The van der Waals surface area contributed by atoms with Gasteiger partial charge < -0.3 is 15.3 Å². The molecular weight excluding hydrogens is 280 g/mol. The highest BCUT2D eigenvalue weighted by molar-refractivity contribution is 5.75. The zero-order chi connectivity index (χ0) is 16.0. The summed E-state index contributed by atoms with van der Waals surface area (Å²) in [5.41, 5.74) is 1.47. The Morgan fingerprint density at radius 3 is 2.73 bits per heavy atom. The summed E-state index contributed by atoms with van der Waals surface area (Å²) in [6.07, 6.45) is 3.03. The Bertz CT molecular complexity index is 518. The summed E-state index contributed by atoms with van der Waals surface area (Å²) < 4.78 is 0. The number of carboxylic acid groups (broad SMARTS) is 1. The molecular formula is C17H24N2O3. The first-order valence-electron chi connectivity index (χ1n) is 7.77. The lowest BCUT2D eigenvalue weighted by Gasteiger charge is -2.24. The minimum absolute atomic E-state index is 0.0369. The molecule has 0 spiro atoms. The number of aliphatic carboxylic acids is 1. The Morgan fingerprint density at radius 2 is 2.05 bits per heavy atom. The third-order valence-electron chi connectivity index (χ3n) is 4.32. The molecule has 2 rings (SSSR count). The van der Waals surface area contributed by atoms with Crippen molar-refractivity contribution in [2.75, 3.05) is 19.6 Å². The second-order valence-corrected chi connectivity index (χ2v) is 6.34. The molecule has 5 heteroatoms. The lowest BCUT2D eigenvalue weighted by molar-refractivity contribution is -0.136. The molecule has 120 valence electrons. The summed E-state index contributed by atoms with van der Waals surface area (Å²) >= 11 is 0. The molecule has 5 nitrogen and oxygen atoms in total. The Morgan fingerprint density at radius 1 is 1.32 bits per heavy atom. The van der Waals surface area contributed by atoms with E-state index in [9.17, 15) is 9.59 Å². The first-order valence-corrected chi connectivity index (χ1v) is 7.77. The summed E-state index contributed by atoms with van der Waals surface area (Å²) in [5, 5.41) is 11.3. The smallest absolute Gasteiger partial charge is 0.317 e. The molecule has 0 radical (unpaired) electrons. The van der Waals surface area contributed by atoms with Gasteiger partial charge in [-0.2, -0.15) is 0 Å². The molecule has 22 heavy (non-hydrogen) atoms. The molecule has 1 saturated heterocycles. The lowest BCUT2D eigenvalue weighted by atomic mass is 9.83. The van der Waals surface area contributed by atoms with Crippen molar-refractivity contribution in [3.05, 3.63) is 35.9 Å². The number of hydrogen-bond acceptors (Lipinski definition) is 2. The molecule has 0 bridgehead atoms. The number of nitrogens with zero attached hydrogens (tertiary/aromatic N) is 1. The molecule has 1 fully saturated rings. The standard InChI is InChI=1S/C17H24N2O3/c1-17(9-7-14-5-3-2-4-6-14)10-12-19(13-17)16(22)18-11-8-15(20)21/h2-6H,7-13H2,1H3,(H,18,22)(H,20,21). The Kier molecular flexibility index (Phi) is 5.41. The predicted molar refractivity (Wildman–Crippen MR) is 84.7 cm³/mol. The molecule has 1 aliphatic heterocycles. The molecule has 1 atom stereocenters. The second kappa shape index (κ2) is 7.29. The van der Waals surface area contributed by atoms with E-state index in [0.29, 0.717) is 0 Å². The van der Waals surface area contributed by atoms with Gasteiger partial charge in [0, 0.05) is 19.6 Å². The Labute approximate surface area is 131 Å². The van der Waals surface area contributed by atoms with E-state index in [1.165, 1.54) is 5.56 Å². The van der Waals surface area contributed by atoms with Crippen LogP contribution in [0, 0.1) is 5.41 Å². The van der Waals surface area contributed by atoms with E-state index in [1.54, 1.807) is 4.90 Å². The van der Waals surface area contributed by atoms with Crippen LogP contribution in [0.4, 0.5) is 4.79 Å². The average molecular weight is 304 g/mol. The van der Waals surface area contributed by atoms with Crippen LogP contribution in [0.1, 0.15) is 31.7 Å². The van der Waals surface area contributed by atoms with Crippen molar-refractivity contribution in [3.8, 4) is 0 Å². The van der Waals surface area contributed by atoms with E-state index < -0.39 is 5.97 Å². The summed E-state index contributed by atoms with van der Waals surface area (Å²) in [6.45, 7) is 3.88. The predicted octanol–water partition coefficient (Wildman–Crippen LogP) is 2.52. The van der Waals surface area contributed by atoms with Crippen LogP contribution < -0.4 is 5.32 Å². The van der Waals surface area contributed by atoms with Crippen LogP contribution in [0.2, 0.25) is 0 Å². The van der Waals surface area contributed by atoms with Gasteiger partial charge >= 0.3 is 12.0 Å². The highest BCUT2D eigenvalue weighted by Crippen LogP contribution is 2.34. The van der Waals surface area contributed by atoms with Crippen LogP contribution in [0.25, 0.3) is 0 Å². The first-order chi connectivity index (χ1) is 10.5. The van der Waals surface area contributed by atoms with Gasteiger partial charge in [0.25, 0.3) is 0 Å². The molecule has 1 heterocycles. The zero-order valence-electron chi connectivity index (χ0n) is 13.0. The molecule has 0 aliphatic carbocycles. The maximum Gasteiger partial charge on any atom is 0.317 e. The number of likely N-dealkylation sites (tertiary alicyclic amines) is 1. The van der Waals surface area contributed by atoms with Crippen molar-refractivity contribution in [3.63, 3.8) is 0 Å². The van der Waals surface area contributed by atoms with Gasteiger partial charge in [0.2, 0.25) is 0 Å². The fourth-order valence-electron chi connectivity index (χ4n) is 2.88. The van der Waals surface area contributed by atoms with Crippen molar-refractivity contribution in [1.82, 2.24) is 10.2 Å². The lowest BCUT2D eigenvalue weighted by Crippen LogP contribution is -2.40. The summed E-state index contributed by atoms with van der Waals surface area (Å²) in [5.74, 6) is -0.894. The number of rotatable bonds is 6. The van der Waals surface area contributed by atoms with Crippen molar-refractivity contribution in [2.24, 2.45) is 5.41 Å². The number of carbonyl (C=O) groups is 2. The molecule has 2 amide bonds. The molecule has 1 aromatic carbocycles. The van der Waals surface area contributed by atoms with Gasteiger partial charge in [0.1, 0.15) is 0 Å². The van der Waals surface area contributed by atoms with E-state index in [1.807, 2.05) is 6.07 Å². The number of amides is 2. The van der Waals surface area contributed by atoms with Gasteiger partial charge in [0.15, 0.2) is 0 Å². The van der Waals surface area contributed by atoms with Gasteiger partial charge in [-0.3, -0.25) is 4.79 Å².